The highest BCUT2D eigenvalue weighted by Crippen LogP contribution is 2.56. The highest BCUT2D eigenvalue weighted by molar-refractivity contribution is 5.02. The average Bonchev–Trinajstić information content (AvgIpc) is 2.02. The van der Waals surface area contributed by atoms with E-state index in [4.69, 9.17) is 5.73 Å². The van der Waals surface area contributed by atoms with Gasteiger partial charge >= 0.3 is 0 Å². The number of hydrogen-bond donors (Lipinski definition) is 1. The number of nitrogens with two attached hydrogens (primary N) is 1. The van der Waals surface area contributed by atoms with E-state index in [1.807, 2.05) is 0 Å². The van der Waals surface area contributed by atoms with E-state index in [9.17, 15) is 8.78 Å². The molecule has 1 nitrogen and oxygen atoms in total. The van der Waals surface area contributed by atoms with Gasteiger partial charge in [0.05, 0.1) is 0 Å². The first kappa shape index (κ1) is 10.9. The fourth-order valence-corrected chi connectivity index (χ4v) is 2.73. The average molecular weight is 191 g/mol. The number of alkyl halides is 2. The van der Waals surface area contributed by atoms with Crippen molar-refractivity contribution in [3.05, 3.63) is 0 Å². The molecular weight excluding hydrogens is 172 g/mol. The Morgan fingerprint density at radius 1 is 1.23 bits per heavy atom. The minimum atomic E-state index is -2.44. The van der Waals surface area contributed by atoms with E-state index >= 15 is 0 Å². The molecule has 1 aliphatic carbocycles. The van der Waals surface area contributed by atoms with Crippen molar-refractivity contribution in [2.45, 2.75) is 45.5 Å². The Morgan fingerprint density at radius 3 is 1.92 bits per heavy atom. The summed E-state index contributed by atoms with van der Waals surface area (Å²) in [4.78, 5) is 0. The van der Waals surface area contributed by atoms with E-state index in [0.717, 1.165) is 12.8 Å². The molecule has 0 unspecified atom stereocenters. The lowest BCUT2D eigenvalue weighted by atomic mass is 9.57. The number of hydrogen-bond acceptors (Lipinski definition) is 1. The third-order valence-electron chi connectivity index (χ3n) is 3.48. The molecule has 3 heteroatoms. The van der Waals surface area contributed by atoms with Gasteiger partial charge in [0.25, 0.3) is 0 Å². The fourth-order valence-electron chi connectivity index (χ4n) is 2.73. The van der Waals surface area contributed by atoms with Crippen molar-refractivity contribution in [1.29, 1.82) is 0 Å². The van der Waals surface area contributed by atoms with Gasteiger partial charge in [-0.15, -0.1) is 0 Å². The van der Waals surface area contributed by atoms with Crippen LogP contribution in [0.25, 0.3) is 0 Å². The van der Waals surface area contributed by atoms with Crippen molar-refractivity contribution in [3.8, 4) is 0 Å². The van der Waals surface area contributed by atoms with Crippen molar-refractivity contribution in [2.75, 3.05) is 6.54 Å². The van der Waals surface area contributed by atoms with Crippen LogP contribution < -0.4 is 5.73 Å². The SMILES string of the molecule is CCC(CC)C1(CN)CC(F)(F)C1. The first-order chi connectivity index (χ1) is 5.99. The van der Waals surface area contributed by atoms with Gasteiger partial charge in [0.15, 0.2) is 0 Å². The maximum absolute atomic E-state index is 12.8. The third-order valence-corrected chi connectivity index (χ3v) is 3.48. The van der Waals surface area contributed by atoms with E-state index in [1.165, 1.54) is 0 Å². The molecule has 0 atom stereocenters. The second kappa shape index (κ2) is 3.52. The monoisotopic (exact) mass is 191 g/mol. The maximum atomic E-state index is 12.8. The molecule has 0 amide bonds. The molecule has 0 heterocycles. The fraction of sp³-hybridized carbons (Fsp3) is 1.00. The molecular formula is C10H19F2N. The molecule has 1 rings (SSSR count). The van der Waals surface area contributed by atoms with Gasteiger partial charge in [-0.2, -0.15) is 0 Å². The molecule has 0 aliphatic heterocycles. The molecule has 13 heavy (non-hydrogen) atoms. The Morgan fingerprint density at radius 2 is 1.69 bits per heavy atom. The molecule has 0 aromatic heterocycles. The molecule has 0 aromatic rings. The van der Waals surface area contributed by atoms with Gasteiger partial charge in [-0.25, -0.2) is 8.78 Å². The van der Waals surface area contributed by atoms with E-state index in [1.54, 1.807) is 0 Å². The van der Waals surface area contributed by atoms with Crippen LogP contribution in [0.5, 0.6) is 0 Å². The largest absolute Gasteiger partial charge is 0.330 e. The summed E-state index contributed by atoms with van der Waals surface area (Å²) in [6, 6.07) is 0. The second-order valence-corrected chi connectivity index (χ2v) is 4.29. The molecule has 1 fully saturated rings. The molecule has 78 valence electrons. The van der Waals surface area contributed by atoms with Crippen LogP contribution in [0.4, 0.5) is 8.78 Å². The molecule has 1 saturated carbocycles. The lowest BCUT2D eigenvalue weighted by Gasteiger charge is -2.51. The van der Waals surface area contributed by atoms with Gasteiger partial charge in [0.2, 0.25) is 5.92 Å². The maximum Gasteiger partial charge on any atom is 0.249 e. The smallest absolute Gasteiger partial charge is 0.249 e. The molecule has 0 aromatic carbocycles. The van der Waals surface area contributed by atoms with Crippen LogP contribution in [0.3, 0.4) is 0 Å². The van der Waals surface area contributed by atoms with Crippen molar-refractivity contribution in [1.82, 2.24) is 0 Å². The van der Waals surface area contributed by atoms with Crippen LogP contribution in [-0.2, 0) is 0 Å². The Hall–Kier alpha value is -0.180. The topological polar surface area (TPSA) is 26.0 Å². The first-order valence-electron chi connectivity index (χ1n) is 5.07. The van der Waals surface area contributed by atoms with Crippen molar-refractivity contribution < 1.29 is 8.78 Å². The zero-order valence-electron chi connectivity index (χ0n) is 8.45. The lowest BCUT2D eigenvalue weighted by molar-refractivity contribution is -0.179. The van der Waals surface area contributed by atoms with Gasteiger partial charge in [-0.3, -0.25) is 0 Å². The van der Waals surface area contributed by atoms with E-state index in [-0.39, 0.29) is 18.3 Å². The molecule has 2 N–H and O–H groups in total. The third kappa shape index (κ3) is 1.85. The Balaban J connectivity index is 2.63. The minimum absolute atomic E-state index is 0.00282. The Labute approximate surface area is 78.7 Å². The van der Waals surface area contributed by atoms with Gasteiger partial charge in [0.1, 0.15) is 0 Å². The Kier molecular flexibility index (Phi) is 2.95. The molecule has 0 bridgehead atoms. The van der Waals surface area contributed by atoms with E-state index in [2.05, 4.69) is 13.8 Å². The second-order valence-electron chi connectivity index (χ2n) is 4.29. The predicted octanol–water partition coefficient (Wildman–Crippen LogP) is 2.80. The number of halogens is 2. The highest BCUT2D eigenvalue weighted by Gasteiger charge is 2.57. The van der Waals surface area contributed by atoms with Gasteiger partial charge in [-0.1, -0.05) is 26.7 Å². The molecule has 1 aliphatic rings. The van der Waals surface area contributed by atoms with Crippen LogP contribution in [0.2, 0.25) is 0 Å². The van der Waals surface area contributed by atoms with Crippen molar-refractivity contribution in [2.24, 2.45) is 17.1 Å². The van der Waals surface area contributed by atoms with E-state index < -0.39 is 5.92 Å². The predicted molar refractivity (Wildman–Crippen MR) is 49.7 cm³/mol. The van der Waals surface area contributed by atoms with Crippen LogP contribution >= 0.6 is 0 Å². The lowest BCUT2D eigenvalue weighted by Crippen LogP contribution is -2.54. The van der Waals surface area contributed by atoms with E-state index in [0.29, 0.717) is 12.5 Å². The summed E-state index contributed by atoms with van der Waals surface area (Å²) in [5.74, 6) is -2.07. The van der Waals surface area contributed by atoms with Gasteiger partial charge < -0.3 is 5.73 Å². The highest BCUT2D eigenvalue weighted by atomic mass is 19.3. The van der Waals surface area contributed by atoms with Crippen LogP contribution in [0.1, 0.15) is 39.5 Å². The summed E-state index contributed by atoms with van der Waals surface area (Å²) in [5, 5.41) is 0. The minimum Gasteiger partial charge on any atom is -0.330 e. The summed E-state index contributed by atoms with van der Waals surface area (Å²) in [7, 11) is 0. The summed E-state index contributed by atoms with van der Waals surface area (Å²) in [5.41, 5.74) is 5.35. The van der Waals surface area contributed by atoms with Crippen molar-refractivity contribution >= 4 is 0 Å². The van der Waals surface area contributed by atoms with Crippen molar-refractivity contribution in [3.63, 3.8) is 0 Å². The zero-order valence-corrected chi connectivity index (χ0v) is 8.45. The van der Waals surface area contributed by atoms with Crippen LogP contribution in [0.15, 0.2) is 0 Å². The quantitative estimate of drug-likeness (QED) is 0.726. The first-order valence-corrected chi connectivity index (χ1v) is 5.07. The normalized spacial score (nSPS) is 24.5. The standard InChI is InChI=1S/C10H19F2N/c1-3-8(4-2)9(7-13)5-10(11,12)6-9/h8H,3-7,13H2,1-2H3. The van der Waals surface area contributed by atoms with Gasteiger partial charge in [0, 0.05) is 12.8 Å². The molecule has 0 radical (unpaired) electrons. The Bertz CT molecular complexity index is 168. The number of rotatable bonds is 4. The van der Waals surface area contributed by atoms with Gasteiger partial charge in [-0.05, 0) is 17.9 Å². The summed E-state index contributed by atoms with van der Waals surface area (Å²) in [6.07, 6.45) is 1.93. The van der Waals surface area contributed by atoms with Crippen LogP contribution in [0, 0.1) is 11.3 Å². The zero-order chi connectivity index (χ0) is 10.1. The molecule has 0 spiro atoms. The van der Waals surface area contributed by atoms with Crippen LogP contribution in [-0.4, -0.2) is 12.5 Å². The molecule has 0 saturated heterocycles. The summed E-state index contributed by atoms with van der Waals surface area (Å²) < 4.78 is 25.6. The summed E-state index contributed by atoms with van der Waals surface area (Å²) in [6.45, 7) is 4.53. The summed E-state index contributed by atoms with van der Waals surface area (Å²) >= 11 is 0.